The number of rotatable bonds is 2. The molecule has 0 aromatic carbocycles. The average molecular weight is 183 g/mol. The number of carbonyl (C=O) groups excluding carboxylic acids is 1. The Morgan fingerprint density at radius 2 is 2.15 bits per heavy atom. The van der Waals surface area contributed by atoms with Crippen molar-refractivity contribution in [3.63, 3.8) is 0 Å². The van der Waals surface area contributed by atoms with Crippen molar-refractivity contribution in [2.75, 3.05) is 6.54 Å². The molecule has 0 aromatic heterocycles. The number of hydrogen-bond acceptors (Lipinski definition) is 1. The molecule has 1 heterocycles. The van der Waals surface area contributed by atoms with E-state index < -0.39 is 0 Å². The summed E-state index contributed by atoms with van der Waals surface area (Å²) in [6.45, 7) is 7.08. The van der Waals surface area contributed by atoms with E-state index in [0.717, 1.165) is 13.0 Å². The maximum absolute atomic E-state index is 11.4. The summed E-state index contributed by atoms with van der Waals surface area (Å²) in [5, 5.41) is 0. The fourth-order valence-electron chi connectivity index (χ4n) is 2.52. The van der Waals surface area contributed by atoms with Crippen LogP contribution in [-0.4, -0.2) is 22.9 Å². The van der Waals surface area contributed by atoms with Crippen LogP contribution in [0.4, 0.5) is 0 Å². The number of nitrogens with zero attached hydrogens (tertiary/aromatic N) is 1. The van der Waals surface area contributed by atoms with Crippen LogP contribution in [0.5, 0.6) is 0 Å². The van der Waals surface area contributed by atoms with E-state index in [1.807, 2.05) is 0 Å². The maximum atomic E-state index is 11.4. The quantitative estimate of drug-likeness (QED) is 0.644. The minimum atomic E-state index is 0.152. The molecule has 1 amide bonds. The van der Waals surface area contributed by atoms with Gasteiger partial charge in [0.2, 0.25) is 5.91 Å². The van der Waals surface area contributed by atoms with Crippen molar-refractivity contribution in [1.82, 2.24) is 4.90 Å². The molecule has 0 radical (unpaired) electrons. The summed E-state index contributed by atoms with van der Waals surface area (Å²) < 4.78 is 0. The lowest BCUT2D eigenvalue weighted by Gasteiger charge is -2.44. The van der Waals surface area contributed by atoms with Gasteiger partial charge in [-0.3, -0.25) is 4.79 Å². The molecular weight excluding hydrogens is 162 g/mol. The van der Waals surface area contributed by atoms with Crippen LogP contribution in [0, 0.1) is 0 Å². The van der Waals surface area contributed by atoms with Crippen molar-refractivity contribution in [2.45, 2.75) is 58.4 Å². The van der Waals surface area contributed by atoms with E-state index in [1.165, 1.54) is 25.7 Å². The van der Waals surface area contributed by atoms with E-state index in [1.54, 1.807) is 6.92 Å². The van der Waals surface area contributed by atoms with Gasteiger partial charge in [-0.25, -0.2) is 0 Å². The molecular formula is C11H21NO. The highest BCUT2D eigenvalue weighted by molar-refractivity contribution is 5.74. The van der Waals surface area contributed by atoms with Crippen LogP contribution in [0.2, 0.25) is 0 Å². The molecule has 1 unspecified atom stereocenters. The molecule has 0 bridgehead atoms. The van der Waals surface area contributed by atoms with Gasteiger partial charge in [-0.2, -0.15) is 0 Å². The molecule has 13 heavy (non-hydrogen) atoms. The first-order valence-corrected chi connectivity index (χ1v) is 5.38. The summed E-state index contributed by atoms with van der Waals surface area (Å²) in [6, 6.07) is 0. The lowest BCUT2D eigenvalue weighted by molar-refractivity contribution is -0.137. The molecule has 76 valence electrons. The molecule has 1 rings (SSSR count). The predicted molar refractivity (Wildman–Crippen MR) is 54.6 cm³/mol. The van der Waals surface area contributed by atoms with E-state index in [9.17, 15) is 4.79 Å². The second-order valence-electron chi connectivity index (χ2n) is 4.37. The number of carbonyl (C=O) groups is 1. The van der Waals surface area contributed by atoms with Crippen molar-refractivity contribution in [1.29, 1.82) is 0 Å². The molecule has 0 N–H and O–H groups in total. The Kier molecular flexibility index (Phi) is 3.34. The normalized spacial score (nSPS) is 29.0. The summed E-state index contributed by atoms with van der Waals surface area (Å²) in [5.74, 6) is 0.246. The lowest BCUT2D eigenvalue weighted by atomic mass is 9.84. The van der Waals surface area contributed by atoms with Gasteiger partial charge in [0.05, 0.1) is 0 Å². The second-order valence-corrected chi connectivity index (χ2v) is 4.37. The molecule has 0 saturated carbocycles. The fraction of sp³-hybridized carbons (Fsp3) is 0.909. The summed E-state index contributed by atoms with van der Waals surface area (Å²) in [4.78, 5) is 13.5. The van der Waals surface area contributed by atoms with Gasteiger partial charge < -0.3 is 4.90 Å². The van der Waals surface area contributed by atoms with Crippen molar-refractivity contribution in [3.8, 4) is 0 Å². The topological polar surface area (TPSA) is 20.3 Å². The Balaban J connectivity index is 2.70. The number of hydrogen-bond donors (Lipinski definition) is 0. The Hall–Kier alpha value is -0.530. The first kappa shape index (κ1) is 10.6. The molecule has 1 aliphatic rings. The van der Waals surface area contributed by atoms with Gasteiger partial charge in [0.25, 0.3) is 0 Å². The summed E-state index contributed by atoms with van der Waals surface area (Å²) in [6.07, 6.45) is 5.95. The van der Waals surface area contributed by atoms with Crippen molar-refractivity contribution < 1.29 is 4.79 Å². The number of piperidine rings is 1. The van der Waals surface area contributed by atoms with E-state index in [0.29, 0.717) is 0 Å². The molecule has 0 aliphatic carbocycles. The fourth-order valence-corrected chi connectivity index (χ4v) is 2.52. The highest BCUT2D eigenvalue weighted by atomic mass is 16.2. The molecule has 1 fully saturated rings. The first-order valence-electron chi connectivity index (χ1n) is 5.38. The highest BCUT2D eigenvalue weighted by Gasteiger charge is 2.34. The largest absolute Gasteiger partial charge is 0.338 e. The van der Waals surface area contributed by atoms with Crippen LogP contribution >= 0.6 is 0 Å². The molecule has 1 saturated heterocycles. The zero-order valence-corrected chi connectivity index (χ0v) is 9.10. The van der Waals surface area contributed by atoms with Crippen LogP contribution < -0.4 is 0 Å². The predicted octanol–water partition coefficient (Wildman–Crippen LogP) is 2.58. The monoisotopic (exact) mass is 183 g/mol. The lowest BCUT2D eigenvalue weighted by Crippen LogP contribution is -2.51. The van der Waals surface area contributed by atoms with E-state index >= 15 is 0 Å². The Labute approximate surface area is 81.3 Å². The van der Waals surface area contributed by atoms with Gasteiger partial charge in [0.1, 0.15) is 0 Å². The summed E-state index contributed by atoms with van der Waals surface area (Å²) >= 11 is 0. The van der Waals surface area contributed by atoms with Gasteiger partial charge >= 0.3 is 0 Å². The van der Waals surface area contributed by atoms with E-state index in [2.05, 4.69) is 18.7 Å². The zero-order valence-electron chi connectivity index (χ0n) is 9.10. The van der Waals surface area contributed by atoms with Crippen LogP contribution in [-0.2, 0) is 4.79 Å². The van der Waals surface area contributed by atoms with E-state index in [4.69, 9.17) is 0 Å². The smallest absolute Gasteiger partial charge is 0.219 e. The second kappa shape index (κ2) is 4.12. The third kappa shape index (κ3) is 2.23. The third-order valence-corrected chi connectivity index (χ3v) is 3.17. The van der Waals surface area contributed by atoms with Crippen molar-refractivity contribution in [2.24, 2.45) is 0 Å². The Morgan fingerprint density at radius 3 is 2.69 bits per heavy atom. The highest BCUT2D eigenvalue weighted by Crippen LogP contribution is 2.31. The van der Waals surface area contributed by atoms with Crippen LogP contribution in [0.25, 0.3) is 0 Å². The van der Waals surface area contributed by atoms with Gasteiger partial charge in [-0.05, 0) is 32.6 Å². The van der Waals surface area contributed by atoms with Gasteiger partial charge in [0, 0.05) is 19.0 Å². The first-order chi connectivity index (χ1) is 6.10. The summed E-state index contributed by atoms with van der Waals surface area (Å²) in [5.41, 5.74) is 0.152. The number of amides is 1. The third-order valence-electron chi connectivity index (χ3n) is 3.17. The molecule has 0 spiro atoms. The van der Waals surface area contributed by atoms with Crippen LogP contribution in [0.1, 0.15) is 52.9 Å². The maximum Gasteiger partial charge on any atom is 0.219 e. The zero-order chi connectivity index (χ0) is 9.90. The summed E-state index contributed by atoms with van der Waals surface area (Å²) in [7, 11) is 0. The number of likely N-dealkylation sites (tertiary alicyclic amines) is 1. The average Bonchev–Trinajstić information content (AvgIpc) is 2.04. The van der Waals surface area contributed by atoms with Gasteiger partial charge in [-0.15, -0.1) is 0 Å². The molecule has 2 heteroatoms. The van der Waals surface area contributed by atoms with Crippen LogP contribution in [0.15, 0.2) is 0 Å². The van der Waals surface area contributed by atoms with Crippen LogP contribution in [0.3, 0.4) is 0 Å². The van der Waals surface area contributed by atoms with Crippen molar-refractivity contribution in [3.05, 3.63) is 0 Å². The molecule has 1 atom stereocenters. The minimum Gasteiger partial charge on any atom is -0.338 e. The SMILES string of the molecule is CCCC1(C)CCCCN1C(C)=O. The van der Waals surface area contributed by atoms with Gasteiger partial charge in [-0.1, -0.05) is 13.3 Å². The van der Waals surface area contributed by atoms with Gasteiger partial charge in [0.15, 0.2) is 0 Å². The molecule has 0 aromatic rings. The molecule has 1 aliphatic heterocycles. The standard InChI is InChI=1S/C11H21NO/c1-4-7-11(3)8-5-6-9-12(11)10(2)13/h4-9H2,1-3H3. The van der Waals surface area contributed by atoms with Crippen molar-refractivity contribution >= 4 is 5.91 Å². The Morgan fingerprint density at radius 1 is 1.46 bits per heavy atom. The minimum absolute atomic E-state index is 0.152. The Bertz CT molecular complexity index is 187. The molecule has 2 nitrogen and oxygen atoms in total. The van der Waals surface area contributed by atoms with E-state index in [-0.39, 0.29) is 11.4 Å².